The van der Waals surface area contributed by atoms with Crippen molar-refractivity contribution in [3.63, 3.8) is 0 Å². The summed E-state index contributed by atoms with van der Waals surface area (Å²) in [6, 6.07) is -0.476. The van der Waals surface area contributed by atoms with Crippen LogP contribution >= 0.6 is 0 Å². The molecule has 1 N–H and O–H groups in total. The highest BCUT2D eigenvalue weighted by Gasteiger charge is 2.19. The number of esters is 1. The standard InChI is InChI=1S/C10H18N4O4S/c1-8(10-12-11-7-14(10)2)13-19(16,17)6-4-5-9(15)18-3/h7-8,13H,4-6H2,1-3H3. The summed E-state index contributed by atoms with van der Waals surface area (Å²) in [5.41, 5.74) is 0. The normalized spacial score (nSPS) is 13.2. The first-order chi connectivity index (χ1) is 8.85. The fraction of sp³-hybridized carbons (Fsp3) is 0.700. The van der Waals surface area contributed by atoms with E-state index in [9.17, 15) is 13.2 Å². The number of nitrogens with zero attached hydrogens (tertiary/aromatic N) is 3. The highest BCUT2D eigenvalue weighted by atomic mass is 32.2. The van der Waals surface area contributed by atoms with Crippen molar-refractivity contribution in [1.82, 2.24) is 19.5 Å². The minimum atomic E-state index is -3.47. The van der Waals surface area contributed by atoms with E-state index in [0.29, 0.717) is 5.82 Å². The lowest BCUT2D eigenvalue weighted by Gasteiger charge is -2.13. The molecule has 0 fully saturated rings. The van der Waals surface area contributed by atoms with E-state index >= 15 is 0 Å². The summed E-state index contributed by atoms with van der Waals surface area (Å²) in [6.07, 6.45) is 1.79. The maximum atomic E-state index is 11.8. The van der Waals surface area contributed by atoms with Crippen LogP contribution in [0.3, 0.4) is 0 Å². The molecule has 108 valence electrons. The predicted octanol–water partition coefficient (Wildman–Crippen LogP) is -0.251. The number of aryl methyl sites for hydroxylation is 1. The number of carbonyl (C=O) groups is 1. The highest BCUT2D eigenvalue weighted by molar-refractivity contribution is 7.89. The molecule has 1 atom stereocenters. The van der Waals surface area contributed by atoms with Crippen molar-refractivity contribution in [2.24, 2.45) is 7.05 Å². The van der Waals surface area contributed by atoms with Crippen molar-refractivity contribution < 1.29 is 17.9 Å². The quantitative estimate of drug-likeness (QED) is 0.694. The van der Waals surface area contributed by atoms with Crippen molar-refractivity contribution in [3.8, 4) is 0 Å². The van der Waals surface area contributed by atoms with Gasteiger partial charge in [0.05, 0.1) is 18.9 Å². The van der Waals surface area contributed by atoms with Crippen molar-refractivity contribution in [2.75, 3.05) is 12.9 Å². The molecular weight excluding hydrogens is 272 g/mol. The molecule has 0 aliphatic carbocycles. The number of rotatable bonds is 7. The van der Waals surface area contributed by atoms with Gasteiger partial charge in [-0.05, 0) is 13.3 Å². The Morgan fingerprint density at radius 2 is 2.26 bits per heavy atom. The number of hydrogen-bond acceptors (Lipinski definition) is 6. The van der Waals surface area contributed by atoms with Gasteiger partial charge in [0, 0.05) is 13.5 Å². The summed E-state index contributed by atoms with van der Waals surface area (Å²) in [5.74, 6) is -0.0299. The maximum absolute atomic E-state index is 11.8. The third-order valence-electron chi connectivity index (χ3n) is 2.51. The number of ether oxygens (including phenoxy) is 1. The van der Waals surface area contributed by atoms with Crippen LogP contribution in [0.1, 0.15) is 31.6 Å². The van der Waals surface area contributed by atoms with Gasteiger partial charge < -0.3 is 9.30 Å². The number of hydrogen-bond donors (Lipinski definition) is 1. The molecule has 0 aliphatic heterocycles. The van der Waals surface area contributed by atoms with Crippen molar-refractivity contribution in [3.05, 3.63) is 12.2 Å². The predicted molar refractivity (Wildman–Crippen MR) is 67.6 cm³/mol. The first kappa shape index (κ1) is 15.6. The second-order valence-electron chi connectivity index (χ2n) is 4.14. The Morgan fingerprint density at radius 1 is 1.58 bits per heavy atom. The molecule has 0 amide bonds. The van der Waals surface area contributed by atoms with Gasteiger partial charge in [0.2, 0.25) is 10.0 Å². The molecule has 1 heterocycles. The second-order valence-corrected chi connectivity index (χ2v) is 6.01. The Kier molecular flexibility index (Phi) is 5.43. The van der Waals surface area contributed by atoms with E-state index in [0.717, 1.165) is 0 Å². The zero-order valence-electron chi connectivity index (χ0n) is 11.2. The van der Waals surface area contributed by atoms with Crippen molar-refractivity contribution >= 4 is 16.0 Å². The minimum Gasteiger partial charge on any atom is -0.469 e. The smallest absolute Gasteiger partial charge is 0.305 e. The largest absolute Gasteiger partial charge is 0.469 e. The van der Waals surface area contributed by atoms with Crippen LogP contribution in [-0.2, 0) is 26.6 Å². The van der Waals surface area contributed by atoms with Crippen LogP contribution in [0.2, 0.25) is 0 Å². The summed E-state index contributed by atoms with van der Waals surface area (Å²) < 4.78 is 32.2. The van der Waals surface area contributed by atoms with Crippen LogP contribution in [0, 0.1) is 0 Å². The first-order valence-electron chi connectivity index (χ1n) is 5.76. The Hall–Kier alpha value is -1.48. The molecule has 0 saturated heterocycles. The molecule has 1 aromatic rings. The molecule has 0 spiro atoms. The average molecular weight is 290 g/mol. The monoisotopic (exact) mass is 290 g/mol. The van der Waals surface area contributed by atoms with Gasteiger partial charge in [0.1, 0.15) is 12.2 Å². The zero-order valence-corrected chi connectivity index (χ0v) is 12.0. The van der Waals surface area contributed by atoms with Crippen LogP contribution < -0.4 is 4.72 Å². The van der Waals surface area contributed by atoms with E-state index in [1.54, 1.807) is 18.5 Å². The first-order valence-corrected chi connectivity index (χ1v) is 7.41. The SMILES string of the molecule is COC(=O)CCCS(=O)(=O)NC(C)c1nncn1C. The molecular formula is C10H18N4O4S. The van der Waals surface area contributed by atoms with Crippen LogP contribution in [0.25, 0.3) is 0 Å². The van der Waals surface area contributed by atoms with Crippen molar-refractivity contribution in [2.45, 2.75) is 25.8 Å². The Balaban J connectivity index is 2.51. The number of sulfonamides is 1. The van der Waals surface area contributed by atoms with Gasteiger partial charge in [0.15, 0.2) is 0 Å². The van der Waals surface area contributed by atoms with Gasteiger partial charge in [-0.2, -0.15) is 0 Å². The van der Waals surface area contributed by atoms with Gasteiger partial charge in [-0.1, -0.05) is 0 Å². The van der Waals surface area contributed by atoms with E-state index in [-0.39, 0.29) is 18.6 Å². The fourth-order valence-electron chi connectivity index (χ4n) is 1.57. The van der Waals surface area contributed by atoms with E-state index in [2.05, 4.69) is 19.7 Å². The summed E-state index contributed by atoms with van der Waals surface area (Å²) >= 11 is 0. The Bertz CT molecular complexity index is 525. The van der Waals surface area contributed by atoms with Gasteiger partial charge in [-0.25, -0.2) is 13.1 Å². The third-order valence-corrected chi connectivity index (χ3v) is 4.05. The van der Waals surface area contributed by atoms with E-state index in [1.807, 2.05) is 0 Å². The number of methoxy groups -OCH3 is 1. The average Bonchev–Trinajstić information content (AvgIpc) is 2.74. The lowest BCUT2D eigenvalue weighted by atomic mass is 10.3. The van der Waals surface area contributed by atoms with Crippen LogP contribution in [0.5, 0.6) is 0 Å². The number of nitrogens with one attached hydrogen (secondary N) is 1. The lowest BCUT2D eigenvalue weighted by Crippen LogP contribution is -2.30. The maximum Gasteiger partial charge on any atom is 0.305 e. The molecule has 1 rings (SSSR count). The second kappa shape index (κ2) is 6.62. The summed E-state index contributed by atoms with van der Waals surface area (Å²) in [7, 11) is -0.464. The molecule has 0 aromatic carbocycles. The van der Waals surface area contributed by atoms with Crippen LogP contribution in [0.4, 0.5) is 0 Å². The summed E-state index contributed by atoms with van der Waals surface area (Å²) in [5, 5.41) is 7.52. The highest BCUT2D eigenvalue weighted by Crippen LogP contribution is 2.09. The summed E-state index contributed by atoms with van der Waals surface area (Å²) in [6.45, 7) is 1.68. The van der Waals surface area contributed by atoms with Gasteiger partial charge in [-0.15, -0.1) is 10.2 Å². The molecule has 19 heavy (non-hydrogen) atoms. The molecule has 8 nitrogen and oxygen atoms in total. The topological polar surface area (TPSA) is 103 Å². The molecule has 0 radical (unpaired) electrons. The van der Waals surface area contributed by atoms with Gasteiger partial charge in [-0.3, -0.25) is 4.79 Å². The summed E-state index contributed by atoms with van der Waals surface area (Å²) in [4.78, 5) is 10.9. The molecule has 9 heteroatoms. The van der Waals surface area contributed by atoms with Gasteiger partial charge in [0.25, 0.3) is 0 Å². The van der Waals surface area contributed by atoms with E-state index in [1.165, 1.54) is 13.4 Å². The van der Waals surface area contributed by atoms with Crippen LogP contribution in [-0.4, -0.2) is 42.0 Å². The zero-order chi connectivity index (χ0) is 14.5. The van der Waals surface area contributed by atoms with E-state index in [4.69, 9.17) is 0 Å². The Morgan fingerprint density at radius 3 is 2.79 bits per heavy atom. The number of aromatic nitrogens is 3. The molecule has 0 aliphatic rings. The Labute approximate surface area is 112 Å². The fourth-order valence-corrected chi connectivity index (χ4v) is 2.86. The van der Waals surface area contributed by atoms with Gasteiger partial charge >= 0.3 is 5.97 Å². The van der Waals surface area contributed by atoms with E-state index < -0.39 is 22.0 Å². The third kappa shape index (κ3) is 4.95. The van der Waals surface area contributed by atoms with Crippen LogP contribution in [0.15, 0.2) is 6.33 Å². The minimum absolute atomic E-state index is 0.0791. The molecule has 0 bridgehead atoms. The lowest BCUT2D eigenvalue weighted by molar-refractivity contribution is -0.140. The molecule has 1 unspecified atom stereocenters. The molecule has 1 aromatic heterocycles. The molecule has 0 saturated carbocycles. The van der Waals surface area contributed by atoms with Crippen molar-refractivity contribution in [1.29, 1.82) is 0 Å². The number of carbonyl (C=O) groups excluding carboxylic acids is 1.